The van der Waals surface area contributed by atoms with Crippen molar-refractivity contribution in [3.63, 3.8) is 0 Å². The van der Waals surface area contributed by atoms with Gasteiger partial charge in [-0.25, -0.2) is 9.18 Å². The van der Waals surface area contributed by atoms with Gasteiger partial charge in [0.2, 0.25) is 0 Å². The Bertz CT molecular complexity index is 1750. The van der Waals surface area contributed by atoms with Crippen LogP contribution in [0.3, 0.4) is 0 Å². The van der Waals surface area contributed by atoms with Gasteiger partial charge in [-0.3, -0.25) is 9.69 Å². The van der Waals surface area contributed by atoms with Crippen LogP contribution in [0.15, 0.2) is 42.5 Å². The number of likely N-dealkylation sites (N-methyl/N-ethyl adjacent to an activating group) is 1. The number of halogens is 3. The van der Waals surface area contributed by atoms with Gasteiger partial charge in [0, 0.05) is 47.6 Å². The molecular formula is C35H35Cl2FN4O5. The Hall–Kier alpha value is -3.57. The van der Waals surface area contributed by atoms with Crippen LogP contribution in [0.2, 0.25) is 10.0 Å². The number of ether oxygens (including phenoxy) is 2. The van der Waals surface area contributed by atoms with E-state index in [0.29, 0.717) is 47.9 Å². The molecular weight excluding hydrogens is 646 g/mol. The summed E-state index contributed by atoms with van der Waals surface area (Å²) in [5.41, 5.74) is 2.97. The SMILES string of the molecule is CN1C[C@@H]2CCC1CN2c1cc(Cl)c(C(=O)N2COc3c(cccc3-c3cc(N4C5CCC4COC5)c(C(=O)O)cc3F)C2)c(Cl)c1. The molecule has 5 saturated heterocycles. The lowest BCUT2D eigenvalue weighted by Crippen LogP contribution is -2.61. The number of hydrogen-bond donors (Lipinski definition) is 1. The molecule has 1 N–H and O–H groups in total. The number of para-hydroxylation sites is 1. The summed E-state index contributed by atoms with van der Waals surface area (Å²) in [7, 11) is 2.16. The summed E-state index contributed by atoms with van der Waals surface area (Å²) in [6, 6.07) is 12.7. The first kappa shape index (κ1) is 30.7. The Morgan fingerprint density at radius 3 is 2.28 bits per heavy atom. The van der Waals surface area contributed by atoms with Gasteiger partial charge in [0.05, 0.1) is 58.7 Å². The maximum Gasteiger partial charge on any atom is 0.337 e. The van der Waals surface area contributed by atoms with E-state index >= 15 is 4.39 Å². The van der Waals surface area contributed by atoms with Crippen LogP contribution in [0.25, 0.3) is 11.1 Å². The molecule has 0 aromatic heterocycles. The molecule has 4 atom stereocenters. The number of hydrogen-bond acceptors (Lipinski definition) is 7. The number of aromatic carboxylic acids is 1. The highest BCUT2D eigenvalue weighted by molar-refractivity contribution is 6.40. The average Bonchev–Trinajstić information content (AvgIpc) is 3.30. The quantitative estimate of drug-likeness (QED) is 0.344. The lowest BCUT2D eigenvalue weighted by Gasteiger charge is -2.51. The molecule has 0 aliphatic carbocycles. The van der Waals surface area contributed by atoms with Crippen molar-refractivity contribution < 1.29 is 28.6 Å². The van der Waals surface area contributed by atoms with Crippen molar-refractivity contribution in [2.45, 2.75) is 56.4 Å². The normalized spacial score (nSPS) is 25.1. The van der Waals surface area contributed by atoms with Crippen LogP contribution in [-0.4, -0.2) is 91.0 Å². The van der Waals surface area contributed by atoms with Crippen molar-refractivity contribution in [2.24, 2.45) is 0 Å². The number of piperazine rings is 1. The first-order valence-corrected chi connectivity index (χ1v) is 16.9. The Kier molecular flexibility index (Phi) is 7.74. The monoisotopic (exact) mass is 680 g/mol. The number of carboxylic acids is 1. The minimum absolute atomic E-state index is 0.0371. The number of piperidine rings is 2. The van der Waals surface area contributed by atoms with Gasteiger partial charge in [-0.05, 0) is 57.0 Å². The molecule has 9 nitrogen and oxygen atoms in total. The number of carboxylic acid groups (broad SMARTS) is 1. The highest BCUT2D eigenvalue weighted by Crippen LogP contribution is 2.44. The third kappa shape index (κ3) is 5.21. The van der Waals surface area contributed by atoms with E-state index in [-0.39, 0.29) is 58.0 Å². The largest absolute Gasteiger partial charge is 0.478 e. The van der Waals surface area contributed by atoms with E-state index in [1.165, 1.54) is 11.3 Å². The Labute approximate surface area is 282 Å². The summed E-state index contributed by atoms with van der Waals surface area (Å²) in [5, 5.41) is 10.6. The number of rotatable bonds is 5. The standard InChI is InChI=1S/C35H35Cl2FN4O5/c1-39-14-21-6-5-20(39)15-41(21)24-9-28(36)32(29(37)10-24)34(43)40-13-19-3-2-4-25(33(19)47-18-40)26-12-31(27(35(44)45)11-30(26)38)42-22-7-8-23(42)17-46-16-22/h2-4,9-12,20-23H,5-8,13-18H2,1H3,(H,44,45)/t20?,21-,22?,23?/m0/s1. The van der Waals surface area contributed by atoms with E-state index < -0.39 is 11.8 Å². The van der Waals surface area contributed by atoms with Gasteiger partial charge >= 0.3 is 5.97 Å². The maximum atomic E-state index is 15.7. The highest BCUT2D eigenvalue weighted by atomic mass is 35.5. The number of fused-ring (bicyclic) bond motifs is 6. The molecule has 6 aliphatic heterocycles. The van der Waals surface area contributed by atoms with E-state index in [1.54, 1.807) is 18.2 Å². The predicted molar refractivity (Wildman–Crippen MR) is 178 cm³/mol. The van der Waals surface area contributed by atoms with Crippen molar-refractivity contribution in [3.8, 4) is 16.9 Å². The average molecular weight is 682 g/mol. The zero-order valence-corrected chi connectivity index (χ0v) is 27.4. The molecule has 6 heterocycles. The number of morpholine rings is 1. The van der Waals surface area contributed by atoms with Gasteiger partial charge in [-0.2, -0.15) is 0 Å². The fourth-order valence-electron chi connectivity index (χ4n) is 8.23. The van der Waals surface area contributed by atoms with Crippen LogP contribution in [0.5, 0.6) is 5.75 Å². The Morgan fingerprint density at radius 2 is 1.62 bits per heavy atom. The smallest absolute Gasteiger partial charge is 0.337 e. The lowest BCUT2D eigenvalue weighted by atomic mass is 9.90. The Morgan fingerprint density at radius 1 is 0.915 bits per heavy atom. The van der Waals surface area contributed by atoms with Gasteiger partial charge in [-0.1, -0.05) is 41.4 Å². The third-order valence-corrected chi connectivity index (χ3v) is 11.2. The minimum Gasteiger partial charge on any atom is -0.478 e. The molecule has 0 radical (unpaired) electrons. The van der Waals surface area contributed by atoms with Gasteiger partial charge in [0.25, 0.3) is 5.91 Å². The van der Waals surface area contributed by atoms with Crippen molar-refractivity contribution in [2.75, 3.05) is 49.9 Å². The molecule has 1 amide bonds. The van der Waals surface area contributed by atoms with E-state index in [1.807, 2.05) is 18.2 Å². The maximum absolute atomic E-state index is 15.7. The zero-order chi connectivity index (χ0) is 32.6. The van der Waals surface area contributed by atoms with Crippen LogP contribution in [0.4, 0.5) is 15.8 Å². The van der Waals surface area contributed by atoms with Crippen LogP contribution < -0.4 is 14.5 Å². The molecule has 0 spiro atoms. The molecule has 5 fully saturated rings. The van der Waals surface area contributed by atoms with Crippen LogP contribution >= 0.6 is 23.2 Å². The molecule has 3 aromatic carbocycles. The number of benzene rings is 3. The van der Waals surface area contributed by atoms with Crippen molar-refractivity contribution >= 4 is 46.5 Å². The summed E-state index contributed by atoms with van der Waals surface area (Å²) in [6.07, 6.45) is 4.06. The fraction of sp³-hybridized carbons (Fsp3) is 0.429. The summed E-state index contributed by atoms with van der Waals surface area (Å²) >= 11 is 13.5. The summed E-state index contributed by atoms with van der Waals surface area (Å²) in [6.45, 7) is 3.00. The van der Waals surface area contributed by atoms with Crippen molar-refractivity contribution in [1.82, 2.24) is 9.80 Å². The minimum atomic E-state index is -1.18. The summed E-state index contributed by atoms with van der Waals surface area (Å²) < 4.78 is 27.6. The molecule has 4 bridgehead atoms. The van der Waals surface area contributed by atoms with Gasteiger partial charge in [0.1, 0.15) is 11.6 Å². The molecule has 12 heteroatoms. The molecule has 0 saturated carbocycles. The van der Waals surface area contributed by atoms with Gasteiger partial charge < -0.3 is 29.3 Å². The van der Waals surface area contributed by atoms with Crippen LogP contribution in [-0.2, 0) is 11.3 Å². The van der Waals surface area contributed by atoms with E-state index in [4.69, 9.17) is 32.7 Å². The topological polar surface area (TPSA) is 85.8 Å². The third-order valence-electron chi connectivity index (χ3n) is 10.6. The highest BCUT2D eigenvalue weighted by Gasteiger charge is 2.40. The van der Waals surface area contributed by atoms with Crippen molar-refractivity contribution in [1.29, 1.82) is 0 Å². The molecule has 6 aliphatic rings. The molecule has 9 rings (SSSR count). The number of amides is 1. The number of carbonyl (C=O) groups excluding carboxylic acids is 1. The van der Waals surface area contributed by atoms with Crippen LogP contribution in [0, 0.1) is 5.82 Å². The number of nitrogens with zero attached hydrogens (tertiary/aromatic N) is 4. The van der Waals surface area contributed by atoms with Crippen LogP contribution in [0.1, 0.15) is 52.0 Å². The second kappa shape index (κ2) is 11.8. The van der Waals surface area contributed by atoms with E-state index in [0.717, 1.165) is 44.1 Å². The number of carbonyl (C=O) groups is 2. The van der Waals surface area contributed by atoms with E-state index in [2.05, 4.69) is 21.7 Å². The molecule has 47 heavy (non-hydrogen) atoms. The zero-order valence-electron chi connectivity index (χ0n) is 25.9. The second-order valence-electron chi connectivity index (χ2n) is 13.3. The van der Waals surface area contributed by atoms with Crippen molar-refractivity contribution in [3.05, 3.63) is 75.0 Å². The number of anilines is 2. The lowest BCUT2D eigenvalue weighted by molar-refractivity contribution is 0.0516. The first-order chi connectivity index (χ1) is 22.7. The predicted octanol–water partition coefficient (Wildman–Crippen LogP) is 6.14. The molecule has 3 aromatic rings. The van der Waals surface area contributed by atoms with Gasteiger partial charge in [0.15, 0.2) is 6.73 Å². The Balaban J connectivity index is 1.07. The summed E-state index contributed by atoms with van der Waals surface area (Å²) in [5.74, 6) is -1.75. The fourth-order valence-corrected chi connectivity index (χ4v) is 8.87. The summed E-state index contributed by atoms with van der Waals surface area (Å²) in [4.78, 5) is 34.4. The van der Waals surface area contributed by atoms with E-state index in [9.17, 15) is 14.7 Å². The molecule has 3 unspecified atom stereocenters. The first-order valence-electron chi connectivity index (χ1n) is 16.1. The second-order valence-corrected chi connectivity index (χ2v) is 14.1. The molecule has 246 valence electrons. The van der Waals surface area contributed by atoms with Gasteiger partial charge in [-0.15, -0.1) is 0 Å².